The number of imidazole rings is 1. The summed E-state index contributed by atoms with van der Waals surface area (Å²) in [5, 5.41) is 3.59. The van der Waals surface area contributed by atoms with Crippen LogP contribution in [0.4, 0.5) is 0 Å². The summed E-state index contributed by atoms with van der Waals surface area (Å²) in [5.41, 5.74) is 3.89. The summed E-state index contributed by atoms with van der Waals surface area (Å²) in [4.78, 5) is 4.90. The van der Waals surface area contributed by atoms with Crippen molar-refractivity contribution in [3.05, 3.63) is 29.6 Å². The zero-order chi connectivity index (χ0) is 13.5. The summed E-state index contributed by atoms with van der Waals surface area (Å²) >= 11 is 0. The monoisotopic (exact) mass is 269 g/mol. The van der Waals surface area contributed by atoms with Crippen molar-refractivity contribution in [1.29, 1.82) is 0 Å². The van der Waals surface area contributed by atoms with E-state index in [1.807, 2.05) is 0 Å². The Morgan fingerprint density at radius 2 is 2.00 bits per heavy atom. The molecule has 1 aliphatic carbocycles. The van der Waals surface area contributed by atoms with Crippen LogP contribution in [0.15, 0.2) is 18.2 Å². The second-order valence-corrected chi connectivity index (χ2v) is 6.41. The fourth-order valence-electron chi connectivity index (χ4n) is 3.96. The van der Waals surface area contributed by atoms with Crippen LogP contribution in [0, 0.1) is 0 Å². The van der Waals surface area contributed by atoms with Crippen molar-refractivity contribution in [2.24, 2.45) is 7.05 Å². The van der Waals surface area contributed by atoms with E-state index >= 15 is 0 Å². The molecule has 3 heteroatoms. The highest BCUT2D eigenvalue weighted by molar-refractivity contribution is 5.77. The third-order valence-electron chi connectivity index (χ3n) is 5.12. The van der Waals surface area contributed by atoms with Crippen LogP contribution < -0.4 is 5.32 Å². The maximum absolute atomic E-state index is 4.90. The largest absolute Gasteiger partial charge is 0.331 e. The Hall–Kier alpha value is -1.35. The van der Waals surface area contributed by atoms with Gasteiger partial charge in [-0.3, -0.25) is 0 Å². The third-order valence-corrected chi connectivity index (χ3v) is 5.12. The van der Waals surface area contributed by atoms with Crippen molar-refractivity contribution in [2.45, 2.75) is 50.5 Å². The first-order valence-electron chi connectivity index (χ1n) is 8.02. The molecule has 0 radical (unpaired) electrons. The highest BCUT2D eigenvalue weighted by Gasteiger charge is 2.23. The van der Waals surface area contributed by atoms with Crippen LogP contribution in [0.25, 0.3) is 11.0 Å². The maximum atomic E-state index is 4.90. The third kappa shape index (κ3) is 1.96. The van der Waals surface area contributed by atoms with Crippen LogP contribution >= 0.6 is 0 Å². The maximum Gasteiger partial charge on any atom is 0.112 e. The van der Waals surface area contributed by atoms with Gasteiger partial charge in [-0.1, -0.05) is 18.9 Å². The number of benzene rings is 1. The van der Waals surface area contributed by atoms with Crippen molar-refractivity contribution in [3.63, 3.8) is 0 Å². The molecule has 1 N–H and O–H groups in total. The molecule has 2 fully saturated rings. The lowest BCUT2D eigenvalue weighted by molar-refractivity contribution is 0.637. The molecule has 1 unspecified atom stereocenters. The topological polar surface area (TPSA) is 29.9 Å². The summed E-state index contributed by atoms with van der Waals surface area (Å²) in [7, 11) is 2.19. The quantitative estimate of drug-likeness (QED) is 0.901. The zero-order valence-electron chi connectivity index (χ0n) is 12.2. The van der Waals surface area contributed by atoms with Crippen molar-refractivity contribution in [2.75, 3.05) is 6.54 Å². The van der Waals surface area contributed by atoms with Crippen LogP contribution in [0.3, 0.4) is 0 Å². The molecule has 4 rings (SSSR count). The van der Waals surface area contributed by atoms with Crippen molar-refractivity contribution >= 4 is 11.0 Å². The number of nitrogens with one attached hydrogen (secondary N) is 1. The second kappa shape index (κ2) is 4.88. The molecular weight excluding hydrogens is 246 g/mol. The molecule has 1 aliphatic heterocycles. The molecule has 0 spiro atoms. The van der Waals surface area contributed by atoms with Gasteiger partial charge >= 0.3 is 0 Å². The van der Waals surface area contributed by atoms with Gasteiger partial charge in [-0.2, -0.15) is 0 Å². The molecule has 3 nitrogen and oxygen atoms in total. The average molecular weight is 269 g/mol. The molecule has 0 bridgehead atoms. The van der Waals surface area contributed by atoms with Crippen molar-refractivity contribution < 1.29 is 0 Å². The standard InChI is InChI=1S/C17H23N3/c1-20-16-11-13(14-7-4-10-18-14)8-9-15(16)19-17(20)12-5-2-3-6-12/h8-9,11-12,14,18H,2-7,10H2,1H3. The molecule has 2 aliphatic rings. The first kappa shape index (κ1) is 12.4. The molecule has 2 heterocycles. The number of rotatable bonds is 2. The zero-order valence-corrected chi connectivity index (χ0v) is 12.2. The molecule has 1 aromatic heterocycles. The molecule has 106 valence electrons. The smallest absolute Gasteiger partial charge is 0.112 e. The molecule has 0 amide bonds. The molecule has 1 aromatic carbocycles. The molecule has 1 saturated heterocycles. The lowest BCUT2D eigenvalue weighted by Gasteiger charge is -2.11. The van der Waals surface area contributed by atoms with Crippen LogP contribution in [-0.4, -0.2) is 16.1 Å². The highest BCUT2D eigenvalue weighted by atomic mass is 15.1. The van der Waals surface area contributed by atoms with Gasteiger partial charge < -0.3 is 9.88 Å². The summed E-state index contributed by atoms with van der Waals surface area (Å²) in [6.45, 7) is 1.15. The van der Waals surface area contributed by atoms with Crippen molar-refractivity contribution in [1.82, 2.24) is 14.9 Å². The predicted octanol–water partition coefficient (Wildman–Crippen LogP) is 3.66. The van der Waals surface area contributed by atoms with E-state index in [1.54, 1.807) is 0 Å². The van der Waals surface area contributed by atoms with Gasteiger partial charge in [-0.15, -0.1) is 0 Å². The first-order valence-corrected chi connectivity index (χ1v) is 8.02. The van der Waals surface area contributed by atoms with E-state index in [4.69, 9.17) is 4.98 Å². The van der Waals surface area contributed by atoms with Gasteiger partial charge in [-0.05, 0) is 49.9 Å². The Kier molecular flexibility index (Phi) is 3.03. The van der Waals surface area contributed by atoms with E-state index in [-0.39, 0.29) is 0 Å². The van der Waals surface area contributed by atoms with E-state index in [1.165, 1.54) is 55.4 Å². The fraction of sp³-hybridized carbons (Fsp3) is 0.588. The Balaban J connectivity index is 1.75. The van der Waals surface area contributed by atoms with Gasteiger partial charge in [0.05, 0.1) is 11.0 Å². The van der Waals surface area contributed by atoms with Gasteiger partial charge in [0.2, 0.25) is 0 Å². The minimum atomic E-state index is 0.546. The fourth-order valence-corrected chi connectivity index (χ4v) is 3.96. The number of aryl methyl sites for hydroxylation is 1. The van der Waals surface area contributed by atoms with E-state index in [0.717, 1.165) is 12.1 Å². The van der Waals surface area contributed by atoms with Crippen LogP contribution in [0.1, 0.15) is 61.9 Å². The Morgan fingerprint density at radius 1 is 1.15 bits per heavy atom. The van der Waals surface area contributed by atoms with Gasteiger partial charge in [0.15, 0.2) is 0 Å². The average Bonchev–Trinajstić information content (AvgIpc) is 3.19. The normalized spacial score (nSPS) is 23.9. The summed E-state index contributed by atoms with van der Waals surface area (Å²) in [6, 6.07) is 7.37. The number of hydrogen-bond donors (Lipinski definition) is 1. The molecule has 1 saturated carbocycles. The minimum Gasteiger partial charge on any atom is -0.331 e. The number of nitrogens with zero attached hydrogens (tertiary/aromatic N) is 2. The van der Waals surface area contributed by atoms with Gasteiger partial charge in [0, 0.05) is 19.0 Å². The summed E-state index contributed by atoms with van der Waals surface area (Å²) in [5.74, 6) is 1.98. The molecular formula is C17H23N3. The molecule has 20 heavy (non-hydrogen) atoms. The lowest BCUT2D eigenvalue weighted by Crippen LogP contribution is -2.12. The predicted molar refractivity (Wildman–Crippen MR) is 81.9 cm³/mol. The van der Waals surface area contributed by atoms with E-state index in [9.17, 15) is 0 Å². The van der Waals surface area contributed by atoms with Crippen LogP contribution in [0.2, 0.25) is 0 Å². The number of hydrogen-bond acceptors (Lipinski definition) is 2. The van der Waals surface area contributed by atoms with E-state index in [2.05, 4.69) is 35.1 Å². The van der Waals surface area contributed by atoms with Crippen LogP contribution in [-0.2, 0) is 7.05 Å². The SMILES string of the molecule is Cn1c(C2CCCC2)nc2ccc(C3CCCN3)cc21. The number of fused-ring (bicyclic) bond motifs is 1. The Labute approximate surface area is 120 Å². The molecule has 1 atom stereocenters. The van der Waals surface area contributed by atoms with Gasteiger partial charge in [0.1, 0.15) is 5.82 Å². The summed E-state index contributed by atoms with van der Waals surface area (Å²) < 4.78 is 2.34. The Morgan fingerprint density at radius 3 is 2.75 bits per heavy atom. The second-order valence-electron chi connectivity index (χ2n) is 6.41. The van der Waals surface area contributed by atoms with E-state index < -0.39 is 0 Å². The summed E-state index contributed by atoms with van der Waals surface area (Å²) in [6.07, 6.45) is 7.92. The van der Waals surface area contributed by atoms with Crippen molar-refractivity contribution in [3.8, 4) is 0 Å². The molecule has 2 aromatic rings. The van der Waals surface area contributed by atoms with Crippen LogP contribution in [0.5, 0.6) is 0 Å². The first-order chi connectivity index (χ1) is 9.83. The highest BCUT2D eigenvalue weighted by Crippen LogP contribution is 2.35. The van der Waals surface area contributed by atoms with E-state index in [0.29, 0.717) is 12.0 Å². The Bertz CT molecular complexity index is 616. The van der Waals surface area contributed by atoms with Gasteiger partial charge in [0.25, 0.3) is 0 Å². The minimum absolute atomic E-state index is 0.546. The lowest BCUT2D eigenvalue weighted by atomic mass is 10.0. The number of aromatic nitrogens is 2. The van der Waals surface area contributed by atoms with Gasteiger partial charge in [-0.25, -0.2) is 4.98 Å².